The van der Waals surface area contributed by atoms with Crippen LogP contribution < -0.4 is 14.8 Å². The van der Waals surface area contributed by atoms with Gasteiger partial charge in [-0.15, -0.1) is 0 Å². The maximum Gasteiger partial charge on any atom is 0.125 e. The van der Waals surface area contributed by atoms with Gasteiger partial charge >= 0.3 is 0 Å². The second-order valence-electron chi connectivity index (χ2n) is 6.96. The van der Waals surface area contributed by atoms with E-state index >= 15 is 0 Å². The van der Waals surface area contributed by atoms with Gasteiger partial charge in [0, 0.05) is 5.69 Å². The summed E-state index contributed by atoms with van der Waals surface area (Å²) in [6, 6.07) is 14.4. The zero-order valence-corrected chi connectivity index (χ0v) is 16.7. The molecule has 142 valence electrons. The highest BCUT2D eigenvalue weighted by atomic mass is 16.5. The van der Waals surface area contributed by atoms with Gasteiger partial charge in [0.05, 0.1) is 13.2 Å². The predicted molar refractivity (Wildman–Crippen MR) is 111 cm³/mol. The van der Waals surface area contributed by atoms with Crippen LogP contribution in [0.2, 0.25) is 0 Å². The highest BCUT2D eigenvalue weighted by Crippen LogP contribution is 2.24. The summed E-state index contributed by atoms with van der Waals surface area (Å²) in [6.45, 7) is 10.0. The van der Waals surface area contributed by atoms with Crippen LogP contribution in [0.25, 0.3) is 0 Å². The maximum absolute atomic E-state index is 6.12. The first-order chi connectivity index (χ1) is 12.6. The molecule has 0 spiro atoms. The highest BCUT2D eigenvalue weighted by Gasteiger charge is 2.08. The molecule has 0 aromatic heterocycles. The zero-order valence-electron chi connectivity index (χ0n) is 16.7. The molecule has 2 aromatic carbocycles. The minimum atomic E-state index is 0.0873. The van der Waals surface area contributed by atoms with Crippen molar-refractivity contribution >= 4 is 5.69 Å². The Morgan fingerprint density at radius 1 is 0.923 bits per heavy atom. The average Bonchev–Trinajstić information content (AvgIpc) is 2.64. The van der Waals surface area contributed by atoms with Crippen LogP contribution in [0, 0.1) is 13.8 Å². The summed E-state index contributed by atoms with van der Waals surface area (Å²) in [7, 11) is 0. The third-order valence-electron chi connectivity index (χ3n) is 4.44. The van der Waals surface area contributed by atoms with Gasteiger partial charge in [-0.1, -0.05) is 44.4 Å². The van der Waals surface area contributed by atoms with Crippen molar-refractivity contribution in [1.29, 1.82) is 0 Å². The predicted octanol–water partition coefficient (Wildman–Crippen LogP) is 6.14. The third-order valence-corrected chi connectivity index (χ3v) is 4.44. The lowest BCUT2D eigenvalue weighted by atomic mass is 10.1. The van der Waals surface area contributed by atoms with Gasteiger partial charge in [0.15, 0.2) is 0 Å². The Morgan fingerprint density at radius 3 is 2.27 bits per heavy atom. The Hall–Kier alpha value is -2.16. The minimum Gasteiger partial charge on any atom is -0.494 e. The van der Waals surface area contributed by atoms with E-state index in [1.165, 1.54) is 30.4 Å². The fraction of sp³-hybridized carbons (Fsp3) is 0.478. The molecule has 0 saturated carbocycles. The van der Waals surface area contributed by atoms with Crippen LogP contribution in [0.4, 0.5) is 5.69 Å². The van der Waals surface area contributed by atoms with E-state index in [0.717, 1.165) is 36.8 Å². The molecule has 0 heterocycles. The lowest BCUT2D eigenvalue weighted by Gasteiger charge is -2.19. The fourth-order valence-electron chi connectivity index (χ4n) is 2.88. The van der Waals surface area contributed by atoms with Crippen LogP contribution in [-0.2, 0) is 0 Å². The number of unbranched alkanes of at least 4 members (excludes halogenated alkanes) is 3. The number of nitrogens with one attached hydrogen (secondary N) is 1. The summed E-state index contributed by atoms with van der Waals surface area (Å²) in [4.78, 5) is 0. The largest absolute Gasteiger partial charge is 0.494 e. The van der Waals surface area contributed by atoms with Crippen molar-refractivity contribution < 1.29 is 9.47 Å². The van der Waals surface area contributed by atoms with Crippen molar-refractivity contribution in [3.8, 4) is 11.5 Å². The summed E-state index contributed by atoms with van der Waals surface area (Å²) in [5.41, 5.74) is 3.44. The number of rotatable bonds is 11. The minimum absolute atomic E-state index is 0.0873. The molecule has 1 N–H and O–H groups in total. The lowest BCUT2D eigenvalue weighted by molar-refractivity contribution is 0.231. The van der Waals surface area contributed by atoms with E-state index in [0.29, 0.717) is 0 Å². The summed E-state index contributed by atoms with van der Waals surface area (Å²) in [5, 5.41) is 3.43. The topological polar surface area (TPSA) is 30.5 Å². The van der Waals surface area contributed by atoms with Crippen molar-refractivity contribution in [1.82, 2.24) is 0 Å². The molecule has 1 unspecified atom stereocenters. The van der Waals surface area contributed by atoms with E-state index in [-0.39, 0.29) is 6.10 Å². The van der Waals surface area contributed by atoms with Crippen LogP contribution in [0.3, 0.4) is 0 Å². The van der Waals surface area contributed by atoms with E-state index < -0.39 is 0 Å². The Balaban J connectivity index is 1.75. The van der Waals surface area contributed by atoms with Crippen molar-refractivity contribution in [3.05, 3.63) is 53.6 Å². The number of aryl methyl sites for hydroxylation is 2. The number of para-hydroxylation sites is 1. The van der Waals surface area contributed by atoms with Crippen molar-refractivity contribution in [3.63, 3.8) is 0 Å². The second-order valence-corrected chi connectivity index (χ2v) is 6.96. The maximum atomic E-state index is 6.12. The molecule has 3 nitrogen and oxygen atoms in total. The summed E-state index contributed by atoms with van der Waals surface area (Å²) >= 11 is 0. The molecule has 0 radical (unpaired) electrons. The first kappa shape index (κ1) is 20.2. The molecule has 0 saturated heterocycles. The molecule has 0 amide bonds. The van der Waals surface area contributed by atoms with Crippen molar-refractivity contribution in [2.75, 3.05) is 18.5 Å². The van der Waals surface area contributed by atoms with E-state index in [1.807, 2.05) is 12.1 Å². The van der Waals surface area contributed by atoms with E-state index in [2.05, 4.69) is 63.3 Å². The molecule has 0 bridgehead atoms. The van der Waals surface area contributed by atoms with Crippen molar-refractivity contribution in [2.45, 2.75) is 59.5 Å². The number of hydrogen-bond acceptors (Lipinski definition) is 3. The number of hydrogen-bond donors (Lipinski definition) is 1. The van der Waals surface area contributed by atoms with E-state index in [4.69, 9.17) is 9.47 Å². The highest BCUT2D eigenvalue weighted by molar-refractivity contribution is 5.46. The second kappa shape index (κ2) is 10.7. The normalized spacial score (nSPS) is 11.8. The van der Waals surface area contributed by atoms with Gasteiger partial charge in [-0.25, -0.2) is 0 Å². The Morgan fingerprint density at radius 2 is 1.62 bits per heavy atom. The number of ether oxygens (including phenoxy) is 2. The molecule has 2 aromatic rings. The lowest BCUT2D eigenvalue weighted by Crippen LogP contribution is -2.23. The molecule has 3 heteroatoms. The van der Waals surface area contributed by atoms with Gasteiger partial charge in [-0.3, -0.25) is 0 Å². The Labute approximate surface area is 158 Å². The Bertz CT molecular complexity index is 632. The molecular formula is C23H33NO2. The van der Waals surface area contributed by atoms with E-state index in [1.54, 1.807) is 0 Å². The third kappa shape index (κ3) is 6.62. The monoisotopic (exact) mass is 355 g/mol. The summed E-state index contributed by atoms with van der Waals surface area (Å²) < 4.78 is 11.9. The molecular weight excluding hydrogens is 322 g/mol. The van der Waals surface area contributed by atoms with Gasteiger partial charge in [-0.05, 0) is 62.6 Å². The molecule has 0 aliphatic rings. The smallest absolute Gasteiger partial charge is 0.125 e. The van der Waals surface area contributed by atoms with Crippen LogP contribution in [0.1, 0.15) is 50.7 Å². The van der Waals surface area contributed by atoms with E-state index in [9.17, 15) is 0 Å². The first-order valence-electron chi connectivity index (χ1n) is 9.79. The van der Waals surface area contributed by atoms with Crippen LogP contribution in [-0.4, -0.2) is 19.3 Å². The first-order valence-corrected chi connectivity index (χ1v) is 9.79. The Kier molecular flexibility index (Phi) is 8.33. The standard InChI is InChI=1S/C23H33NO2/c1-5-6-7-8-16-25-22-14-12-21(13-15-22)24-17-20(4)26-23-18(2)10-9-11-19(23)3/h9-15,20,24H,5-8,16-17H2,1-4H3. The van der Waals surface area contributed by atoms with Gasteiger partial charge in [0.1, 0.15) is 17.6 Å². The average molecular weight is 356 g/mol. The molecule has 2 rings (SSSR count). The molecule has 26 heavy (non-hydrogen) atoms. The SMILES string of the molecule is CCCCCCOc1ccc(NCC(C)Oc2c(C)cccc2C)cc1. The van der Waals surface area contributed by atoms with Gasteiger partial charge in [0.25, 0.3) is 0 Å². The molecule has 0 fully saturated rings. The van der Waals surface area contributed by atoms with Crippen molar-refractivity contribution in [2.24, 2.45) is 0 Å². The quantitative estimate of drug-likeness (QED) is 0.491. The van der Waals surface area contributed by atoms with Gasteiger partial charge in [0.2, 0.25) is 0 Å². The molecule has 0 aliphatic carbocycles. The number of anilines is 1. The zero-order chi connectivity index (χ0) is 18.8. The van der Waals surface area contributed by atoms with Crippen LogP contribution in [0.15, 0.2) is 42.5 Å². The fourth-order valence-corrected chi connectivity index (χ4v) is 2.88. The van der Waals surface area contributed by atoms with Crippen LogP contribution in [0.5, 0.6) is 11.5 Å². The van der Waals surface area contributed by atoms with Gasteiger partial charge < -0.3 is 14.8 Å². The molecule has 1 atom stereocenters. The van der Waals surface area contributed by atoms with Crippen LogP contribution >= 0.6 is 0 Å². The summed E-state index contributed by atoms with van der Waals surface area (Å²) in [5.74, 6) is 1.93. The summed E-state index contributed by atoms with van der Waals surface area (Å²) in [6.07, 6.45) is 5.00. The molecule has 0 aliphatic heterocycles. The number of benzene rings is 2. The van der Waals surface area contributed by atoms with Gasteiger partial charge in [-0.2, -0.15) is 0 Å².